The van der Waals surface area contributed by atoms with Crippen molar-refractivity contribution in [3.63, 3.8) is 0 Å². The highest BCUT2D eigenvalue weighted by Crippen LogP contribution is 2.35. The number of fused-ring (bicyclic) bond motifs is 6. The zero-order valence-corrected chi connectivity index (χ0v) is 53.5. The number of carbonyl (C=O) groups excluding carboxylic acids is 8. The molecular formula is C64H88N8O14S2. The third-order valence-electron chi connectivity index (χ3n) is 16.2. The standard InChI is InChI=1S/C64H88N8O14S2/c1-39(2)59-43(7)13-15-53(77)65-19-9-11-41(5)31-45(73)33-47(75)35-55-67-49(37-83-55)61(79)71-21-17-51(57(71)63(81)85-59)87-29-27-69-23-25-70(26-24-69)28-30-88-52-18-22-72-58(52)64(82)86-60(40(3)4)44(8)14-16-54(78)66-20-10-12-42(6)32-46(74)34-48(76)36-56-68-50(38-84-56)62(72)80/h9-16,31-32,37-40,43-46,51-52,57-60,73-74H,17-30,33-36H2,1-8H3,(H,65,77)(H,66,78)/t43-,44-,45-,46-,51?,52?,57?,58?,59-,60-/m1/s1. The molecule has 2 aromatic rings. The number of aliphatic hydroxyl groups is 2. The van der Waals surface area contributed by atoms with Crippen LogP contribution < -0.4 is 10.6 Å². The van der Waals surface area contributed by atoms with Crippen LogP contribution in [0.15, 0.2) is 93.3 Å². The van der Waals surface area contributed by atoms with Gasteiger partial charge in [0, 0.05) is 112 Å². The van der Waals surface area contributed by atoms with Gasteiger partial charge in [-0.2, -0.15) is 23.5 Å². The van der Waals surface area contributed by atoms with Crippen molar-refractivity contribution < 1.29 is 66.9 Å². The fraction of sp³-hybridized carbons (Fsp3) is 0.594. The molecule has 24 heteroatoms. The maximum atomic E-state index is 14.5. The third kappa shape index (κ3) is 20.3. The summed E-state index contributed by atoms with van der Waals surface area (Å²) in [7, 11) is 0. The lowest BCUT2D eigenvalue weighted by Crippen LogP contribution is -2.49. The van der Waals surface area contributed by atoms with Gasteiger partial charge in [-0.05, 0) is 50.7 Å². The topological polar surface area (TPSA) is 285 Å². The first-order valence-electron chi connectivity index (χ1n) is 30.6. The highest BCUT2D eigenvalue weighted by atomic mass is 32.2. The van der Waals surface area contributed by atoms with Crippen LogP contribution in [0.4, 0.5) is 0 Å². The van der Waals surface area contributed by atoms with E-state index >= 15 is 0 Å². The van der Waals surface area contributed by atoms with Crippen LogP contribution in [0.3, 0.4) is 0 Å². The van der Waals surface area contributed by atoms with Crippen molar-refractivity contribution in [1.29, 1.82) is 0 Å². The van der Waals surface area contributed by atoms with Gasteiger partial charge in [0.15, 0.2) is 11.4 Å². The summed E-state index contributed by atoms with van der Waals surface area (Å²) < 4.78 is 23.8. The van der Waals surface area contributed by atoms with Gasteiger partial charge in [-0.25, -0.2) is 19.6 Å². The zero-order valence-electron chi connectivity index (χ0n) is 51.9. The second-order valence-electron chi connectivity index (χ2n) is 24.0. The van der Waals surface area contributed by atoms with Crippen LogP contribution in [0, 0.1) is 23.7 Å². The molecule has 0 aliphatic carbocycles. The maximum absolute atomic E-state index is 14.5. The highest BCUT2D eigenvalue weighted by molar-refractivity contribution is 8.00. The molecule has 7 rings (SSSR count). The molecule has 7 heterocycles. The second-order valence-corrected chi connectivity index (χ2v) is 26.7. The lowest BCUT2D eigenvalue weighted by molar-refractivity contribution is -0.158. The Balaban J connectivity index is 0.971. The number of ketones is 2. The number of thioether (sulfide) groups is 2. The number of allylic oxidation sites excluding steroid dienone is 4. The van der Waals surface area contributed by atoms with Gasteiger partial charge in [-0.15, -0.1) is 0 Å². The van der Waals surface area contributed by atoms with E-state index in [9.17, 15) is 48.6 Å². The molecule has 0 saturated carbocycles. The summed E-state index contributed by atoms with van der Waals surface area (Å²) in [4.78, 5) is 126. The largest absolute Gasteiger partial charge is 0.460 e. The predicted octanol–water partition coefficient (Wildman–Crippen LogP) is 5.12. The summed E-state index contributed by atoms with van der Waals surface area (Å²) in [6, 6.07) is -1.92. The first kappa shape index (κ1) is 69.0. The lowest BCUT2D eigenvalue weighted by Gasteiger charge is -2.35. The van der Waals surface area contributed by atoms with Crippen molar-refractivity contribution in [2.75, 3.05) is 77.0 Å². The molecule has 0 radical (unpaired) electrons. The molecule has 4 N–H and O–H groups in total. The molecule has 10 atom stereocenters. The average Bonchev–Trinajstić information content (AvgIpc) is 2.50. The van der Waals surface area contributed by atoms with Gasteiger partial charge in [0.2, 0.25) is 23.6 Å². The van der Waals surface area contributed by atoms with Gasteiger partial charge >= 0.3 is 11.9 Å². The van der Waals surface area contributed by atoms with E-state index in [0.717, 1.165) is 39.3 Å². The number of amides is 4. The van der Waals surface area contributed by atoms with E-state index in [-0.39, 0.29) is 133 Å². The number of carbonyl (C=O) groups is 8. The molecule has 88 heavy (non-hydrogen) atoms. The number of aromatic nitrogens is 2. The molecule has 5 aliphatic heterocycles. The van der Waals surface area contributed by atoms with E-state index in [2.05, 4.69) is 30.4 Å². The van der Waals surface area contributed by atoms with Gasteiger partial charge in [-0.3, -0.25) is 38.6 Å². The number of esters is 2. The number of ether oxygens (including phenoxy) is 2. The molecule has 5 aliphatic rings. The van der Waals surface area contributed by atoms with Crippen molar-refractivity contribution in [2.45, 2.75) is 141 Å². The Kier molecular flexibility index (Phi) is 26.2. The average molecular weight is 1260 g/mol. The van der Waals surface area contributed by atoms with Crippen LogP contribution in [0.25, 0.3) is 0 Å². The Hall–Kier alpha value is -6.44. The van der Waals surface area contributed by atoms with Crippen LogP contribution in [-0.4, -0.2) is 211 Å². The minimum absolute atomic E-state index is 0.0200. The smallest absolute Gasteiger partial charge is 0.330 e. The number of piperazine rings is 1. The number of hydrogen-bond acceptors (Lipinski definition) is 20. The number of aliphatic hydroxyl groups excluding tert-OH is 2. The first-order valence-corrected chi connectivity index (χ1v) is 32.7. The SMILES string of the molecule is CC1=C[C@@H](O)CC(=O)Cc2nc(co2)C(=O)N2CCC(SCCN3CCN(CCSC4CCN5C(=O)c6coc(n6)CC(=O)C[C@H](O)C=C(C)C=CCNC(=O)C=C[C@@H](C)[C@@H](C(C)C)OC(=O)C45)CC3)C2C(=O)O[C@H](C(C)C)[C@H](C)C=CC(=O)NCC=C1. The Morgan fingerprint density at radius 3 is 1.34 bits per heavy atom. The molecule has 4 amide bonds. The Labute approximate surface area is 524 Å². The molecule has 2 aromatic heterocycles. The Bertz CT molecular complexity index is 2760. The summed E-state index contributed by atoms with van der Waals surface area (Å²) in [5, 5.41) is 26.2. The van der Waals surface area contributed by atoms with Crippen LogP contribution in [-0.2, 0) is 51.1 Å². The predicted molar refractivity (Wildman–Crippen MR) is 334 cm³/mol. The number of rotatable bonds is 10. The Morgan fingerprint density at radius 1 is 0.580 bits per heavy atom. The summed E-state index contributed by atoms with van der Waals surface area (Å²) in [6.45, 7) is 20.6. The minimum Gasteiger partial charge on any atom is -0.460 e. The summed E-state index contributed by atoms with van der Waals surface area (Å²) in [5.41, 5.74) is 1.30. The molecule has 22 nitrogen and oxygen atoms in total. The normalized spacial score (nSPS) is 28.1. The van der Waals surface area contributed by atoms with E-state index in [1.54, 1.807) is 86.0 Å². The molecule has 4 unspecified atom stereocenters. The molecule has 480 valence electrons. The first-order chi connectivity index (χ1) is 42.0. The number of Topliss-reactive ketones (excluding diaryl/α,β-unsaturated/α-hetero) is 2. The van der Waals surface area contributed by atoms with Crippen LogP contribution >= 0.6 is 23.5 Å². The molecule has 4 bridgehead atoms. The van der Waals surface area contributed by atoms with E-state index in [1.807, 2.05) is 41.5 Å². The number of oxazole rings is 2. The van der Waals surface area contributed by atoms with Crippen molar-refractivity contribution in [3.05, 3.63) is 108 Å². The van der Waals surface area contributed by atoms with Gasteiger partial charge in [0.1, 0.15) is 48.4 Å². The van der Waals surface area contributed by atoms with E-state index in [4.69, 9.17) is 18.3 Å². The summed E-state index contributed by atoms with van der Waals surface area (Å²) in [6.07, 6.45) is 15.4. The molecule has 0 aromatic carbocycles. The lowest BCUT2D eigenvalue weighted by atomic mass is 9.94. The number of hydrogen-bond donors (Lipinski definition) is 4. The second kappa shape index (κ2) is 33.4. The fourth-order valence-electron chi connectivity index (χ4n) is 11.6. The molecule has 3 fully saturated rings. The van der Waals surface area contributed by atoms with Crippen LogP contribution in [0.2, 0.25) is 0 Å². The minimum atomic E-state index is -1.07. The number of nitrogens with zero attached hydrogens (tertiary/aromatic N) is 6. The quantitative estimate of drug-likeness (QED) is 0.225. The molecular weight excluding hydrogens is 1170 g/mol. The fourth-order valence-corrected chi connectivity index (χ4v) is 14.3. The zero-order chi connectivity index (χ0) is 63.6. The molecule has 0 spiro atoms. The number of cyclic esters (lactones) is 2. The highest BCUT2D eigenvalue weighted by Gasteiger charge is 2.47. The van der Waals surface area contributed by atoms with Crippen molar-refractivity contribution in [2.24, 2.45) is 23.7 Å². The summed E-state index contributed by atoms with van der Waals surface area (Å²) in [5.74, 6) is -3.14. The number of nitrogens with one attached hydrogen (secondary N) is 2. The molecule has 3 saturated heterocycles. The summed E-state index contributed by atoms with van der Waals surface area (Å²) >= 11 is 3.22. The van der Waals surface area contributed by atoms with E-state index in [1.165, 1.54) is 34.5 Å². The third-order valence-corrected chi connectivity index (χ3v) is 18.8. The van der Waals surface area contributed by atoms with Crippen molar-refractivity contribution in [3.8, 4) is 0 Å². The van der Waals surface area contributed by atoms with E-state index < -0.39 is 60.3 Å². The van der Waals surface area contributed by atoms with Gasteiger partial charge < -0.3 is 49.0 Å². The monoisotopic (exact) mass is 1260 g/mol. The van der Waals surface area contributed by atoms with Crippen molar-refractivity contribution in [1.82, 2.24) is 40.2 Å². The van der Waals surface area contributed by atoms with Crippen molar-refractivity contribution >= 4 is 70.7 Å². The van der Waals surface area contributed by atoms with Crippen LogP contribution in [0.5, 0.6) is 0 Å². The van der Waals surface area contributed by atoms with Gasteiger partial charge in [0.25, 0.3) is 11.8 Å². The Morgan fingerprint density at radius 2 is 0.966 bits per heavy atom. The maximum Gasteiger partial charge on any atom is 0.330 e. The van der Waals surface area contributed by atoms with E-state index in [0.29, 0.717) is 35.5 Å². The van der Waals surface area contributed by atoms with Gasteiger partial charge in [-0.1, -0.05) is 101 Å². The van der Waals surface area contributed by atoms with Crippen LogP contribution in [0.1, 0.15) is 114 Å². The van der Waals surface area contributed by atoms with Gasteiger partial charge in [0.05, 0.1) is 25.0 Å².